The van der Waals surface area contributed by atoms with E-state index in [0.29, 0.717) is 6.07 Å². The molecule has 1 aromatic carbocycles. The van der Waals surface area contributed by atoms with Crippen molar-refractivity contribution in [1.82, 2.24) is 15.0 Å². The van der Waals surface area contributed by atoms with Crippen LogP contribution in [0.25, 0.3) is 0 Å². The maximum absolute atomic E-state index is 13.2. The highest BCUT2D eigenvalue weighted by Gasteiger charge is 2.16. The van der Waals surface area contributed by atoms with Gasteiger partial charge in [-0.2, -0.15) is 0 Å². The number of nitrogens with zero attached hydrogens (tertiary/aromatic N) is 2. The van der Waals surface area contributed by atoms with E-state index in [2.05, 4.69) is 15.0 Å². The van der Waals surface area contributed by atoms with Gasteiger partial charge in [-0.1, -0.05) is 6.07 Å². The van der Waals surface area contributed by atoms with Crippen molar-refractivity contribution in [2.75, 3.05) is 25.5 Å². The maximum Gasteiger partial charge on any atom is 0.240 e. The van der Waals surface area contributed by atoms with Crippen LogP contribution in [0.15, 0.2) is 41.4 Å². The van der Waals surface area contributed by atoms with Crippen LogP contribution in [0.3, 0.4) is 0 Å². The Morgan fingerprint density at radius 1 is 1.15 bits per heavy atom. The van der Waals surface area contributed by atoms with Crippen LogP contribution in [-0.2, 0) is 21.4 Å². The molecule has 146 valence electrons. The molecule has 0 aliphatic rings. The monoisotopic (exact) mass is 398 g/mol. The number of aromatic nitrogens is 1. The molecule has 0 bridgehead atoms. The average molecular weight is 398 g/mol. The first-order valence-corrected chi connectivity index (χ1v) is 9.51. The van der Waals surface area contributed by atoms with Crippen LogP contribution in [0.1, 0.15) is 12.0 Å². The van der Waals surface area contributed by atoms with E-state index in [4.69, 9.17) is 0 Å². The number of carbonyl (C=O) groups excluding carboxylic acids is 1. The zero-order valence-electron chi connectivity index (χ0n) is 14.9. The van der Waals surface area contributed by atoms with Crippen LogP contribution in [0.2, 0.25) is 0 Å². The van der Waals surface area contributed by atoms with Crippen molar-refractivity contribution in [2.45, 2.75) is 17.9 Å². The minimum absolute atomic E-state index is 0.105. The molecule has 2 aromatic rings. The molecule has 2 N–H and O–H groups in total. The lowest BCUT2D eigenvalue weighted by molar-refractivity contribution is -0.121. The first kappa shape index (κ1) is 20.7. The molecule has 0 saturated heterocycles. The lowest BCUT2D eigenvalue weighted by atomic mass is 10.2. The van der Waals surface area contributed by atoms with E-state index in [9.17, 15) is 22.0 Å². The van der Waals surface area contributed by atoms with Crippen molar-refractivity contribution < 1.29 is 22.0 Å². The van der Waals surface area contributed by atoms with Gasteiger partial charge in [-0.25, -0.2) is 26.9 Å². The van der Waals surface area contributed by atoms with E-state index < -0.39 is 26.6 Å². The van der Waals surface area contributed by atoms with Gasteiger partial charge in [-0.05, 0) is 29.8 Å². The molecule has 0 aliphatic carbocycles. The molecule has 1 aromatic heterocycles. The minimum atomic E-state index is -4.03. The van der Waals surface area contributed by atoms with Gasteiger partial charge in [0.2, 0.25) is 15.9 Å². The Hall–Kier alpha value is -2.59. The van der Waals surface area contributed by atoms with Gasteiger partial charge in [0.1, 0.15) is 5.82 Å². The van der Waals surface area contributed by atoms with Crippen molar-refractivity contribution >= 4 is 21.7 Å². The number of sulfonamides is 1. The Kier molecular flexibility index (Phi) is 6.81. The van der Waals surface area contributed by atoms with E-state index in [1.54, 1.807) is 6.20 Å². The predicted octanol–water partition coefficient (Wildman–Crippen LogP) is 1.41. The number of anilines is 1. The number of carbonyl (C=O) groups is 1. The number of nitrogens with one attached hydrogen (secondary N) is 2. The van der Waals surface area contributed by atoms with Gasteiger partial charge in [-0.15, -0.1) is 0 Å². The van der Waals surface area contributed by atoms with Crippen LogP contribution in [0.4, 0.5) is 14.6 Å². The van der Waals surface area contributed by atoms with E-state index >= 15 is 0 Å². The molecule has 7 nitrogen and oxygen atoms in total. The smallest absolute Gasteiger partial charge is 0.240 e. The Morgan fingerprint density at radius 2 is 1.89 bits per heavy atom. The second-order valence-electron chi connectivity index (χ2n) is 5.92. The van der Waals surface area contributed by atoms with E-state index in [1.807, 2.05) is 31.1 Å². The molecule has 27 heavy (non-hydrogen) atoms. The maximum atomic E-state index is 13.2. The molecular weight excluding hydrogens is 378 g/mol. The van der Waals surface area contributed by atoms with Crippen molar-refractivity contribution in [3.05, 3.63) is 53.7 Å². The summed E-state index contributed by atoms with van der Waals surface area (Å²) >= 11 is 0. The van der Waals surface area contributed by atoms with Crippen LogP contribution in [0, 0.1) is 11.6 Å². The SMILES string of the molecule is CN(C)c1ccc(CNC(=O)CCNS(=O)(=O)c2ccc(F)c(F)c2)cn1. The van der Waals surface area contributed by atoms with Gasteiger partial charge in [0.15, 0.2) is 11.6 Å². The Bertz CT molecular complexity index is 903. The molecule has 1 heterocycles. The second kappa shape index (κ2) is 8.87. The number of pyridine rings is 1. The van der Waals surface area contributed by atoms with Crippen LogP contribution < -0.4 is 14.9 Å². The summed E-state index contributed by atoms with van der Waals surface area (Å²) in [7, 11) is -0.294. The van der Waals surface area contributed by atoms with E-state index in [-0.39, 0.29) is 25.4 Å². The normalized spacial score (nSPS) is 11.3. The summed E-state index contributed by atoms with van der Waals surface area (Å²) in [4.78, 5) is 17.5. The minimum Gasteiger partial charge on any atom is -0.363 e. The van der Waals surface area contributed by atoms with Crippen molar-refractivity contribution in [3.63, 3.8) is 0 Å². The third-order valence-electron chi connectivity index (χ3n) is 3.60. The van der Waals surface area contributed by atoms with E-state index in [0.717, 1.165) is 23.5 Å². The van der Waals surface area contributed by atoms with Crippen molar-refractivity contribution in [3.8, 4) is 0 Å². The zero-order valence-corrected chi connectivity index (χ0v) is 15.7. The first-order valence-electron chi connectivity index (χ1n) is 8.03. The Balaban J connectivity index is 1.80. The molecule has 1 amide bonds. The predicted molar refractivity (Wildman–Crippen MR) is 96.6 cm³/mol. The van der Waals surface area contributed by atoms with Crippen LogP contribution in [-0.4, -0.2) is 39.9 Å². The Morgan fingerprint density at radius 3 is 2.48 bits per heavy atom. The van der Waals surface area contributed by atoms with Gasteiger partial charge in [-0.3, -0.25) is 4.79 Å². The van der Waals surface area contributed by atoms with Crippen LogP contribution >= 0.6 is 0 Å². The molecule has 0 unspecified atom stereocenters. The highest BCUT2D eigenvalue weighted by molar-refractivity contribution is 7.89. The first-order chi connectivity index (χ1) is 12.7. The van der Waals surface area contributed by atoms with Gasteiger partial charge >= 0.3 is 0 Å². The number of benzene rings is 1. The number of halogens is 2. The van der Waals surface area contributed by atoms with Gasteiger partial charge in [0.25, 0.3) is 0 Å². The number of rotatable bonds is 8. The summed E-state index contributed by atoms with van der Waals surface area (Å²) in [6, 6.07) is 5.91. The summed E-state index contributed by atoms with van der Waals surface area (Å²) in [6.45, 7) is 0.0838. The topological polar surface area (TPSA) is 91.4 Å². The molecule has 0 saturated carbocycles. The molecule has 0 spiro atoms. The number of hydrogen-bond acceptors (Lipinski definition) is 5. The quantitative estimate of drug-likeness (QED) is 0.702. The van der Waals surface area contributed by atoms with Crippen LogP contribution in [0.5, 0.6) is 0 Å². The van der Waals surface area contributed by atoms with Crippen molar-refractivity contribution in [1.29, 1.82) is 0 Å². The molecule has 0 atom stereocenters. The fourth-order valence-corrected chi connectivity index (χ4v) is 3.14. The van der Waals surface area contributed by atoms with Gasteiger partial charge in [0.05, 0.1) is 4.90 Å². The van der Waals surface area contributed by atoms with Gasteiger partial charge < -0.3 is 10.2 Å². The lowest BCUT2D eigenvalue weighted by Crippen LogP contribution is -2.30. The Labute approximate surface area is 156 Å². The fourth-order valence-electron chi connectivity index (χ4n) is 2.10. The van der Waals surface area contributed by atoms with E-state index in [1.165, 1.54) is 0 Å². The molecule has 0 aliphatic heterocycles. The molecule has 2 rings (SSSR count). The summed E-state index contributed by atoms with van der Waals surface area (Å²) in [5.41, 5.74) is 0.802. The second-order valence-corrected chi connectivity index (χ2v) is 7.69. The third-order valence-corrected chi connectivity index (χ3v) is 5.06. The largest absolute Gasteiger partial charge is 0.363 e. The highest BCUT2D eigenvalue weighted by Crippen LogP contribution is 2.13. The standard InChI is InChI=1S/C17H20F2N4O3S/c1-23(2)16-6-3-12(10-20-16)11-21-17(24)7-8-22-27(25,26)13-4-5-14(18)15(19)9-13/h3-6,9-10,22H,7-8,11H2,1-2H3,(H,21,24). The summed E-state index contributed by atoms with van der Waals surface area (Å²) in [5, 5.41) is 2.65. The summed E-state index contributed by atoms with van der Waals surface area (Å²) < 4.78 is 52.2. The summed E-state index contributed by atoms with van der Waals surface area (Å²) in [6.07, 6.45) is 1.54. The molecule has 0 fully saturated rings. The van der Waals surface area contributed by atoms with Gasteiger partial charge in [0, 0.05) is 39.8 Å². The summed E-state index contributed by atoms with van der Waals surface area (Å²) in [5.74, 6) is -1.97. The molecule has 0 radical (unpaired) electrons. The molecular formula is C17H20F2N4O3S. The zero-order chi connectivity index (χ0) is 20.0. The lowest BCUT2D eigenvalue weighted by Gasteiger charge is -2.11. The fraction of sp³-hybridized carbons (Fsp3) is 0.294. The number of hydrogen-bond donors (Lipinski definition) is 2. The number of amides is 1. The molecule has 10 heteroatoms. The van der Waals surface area contributed by atoms with Crippen molar-refractivity contribution in [2.24, 2.45) is 0 Å². The third kappa shape index (κ3) is 5.97. The average Bonchev–Trinajstić information content (AvgIpc) is 2.62. The highest BCUT2D eigenvalue weighted by atomic mass is 32.2.